The van der Waals surface area contributed by atoms with Crippen molar-refractivity contribution >= 4 is 6.03 Å². The van der Waals surface area contributed by atoms with Crippen molar-refractivity contribution in [3.63, 3.8) is 0 Å². The molecule has 24 heavy (non-hydrogen) atoms. The Bertz CT molecular complexity index is 546. The number of likely N-dealkylation sites (tertiary alicyclic amines) is 1. The first kappa shape index (κ1) is 17.0. The Morgan fingerprint density at radius 3 is 3.08 bits per heavy atom. The minimum atomic E-state index is -0.0315. The second-order valence-corrected chi connectivity index (χ2v) is 6.92. The topological polar surface area (TPSA) is 57.3 Å². The van der Waals surface area contributed by atoms with Gasteiger partial charge in [0.1, 0.15) is 0 Å². The highest BCUT2D eigenvalue weighted by Gasteiger charge is 2.21. The SMILES string of the molecule is O=C(NCC1CCCN(Cc2cccnc2)C1)NC1C=CCCC1. The van der Waals surface area contributed by atoms with E-state index < -0.39 is 0 Å². The number of carbonyl (C=O) groups excluding carboxylic acids is 1. The van der Waals surface area contributed by atoms with E-state index in [1.165, 1.54) is 18.4 Å². The maximum absolute atomic E-state index is 12.0. The number of urea groups is 1. The number of carbonyl (C=O) groups is 1. The maximum Gasteiger partial charge on any atom is 0.315 e. The van der Waals surface area contributed by atoms with Crippen LogP contribution in [0, 0.1) is 5.92 Å². The first-order valence-electron chi connectivity index (χ1n) is 9.12. The number of nitrogens with one attached hydrogen (secondary N) is 2. The van der Waals surface area contributed by atoms with Crippen LogP contribution < -0.4 is 10.6 Å². The van der Waals surface area contributed by atoms with E-state index in [0.29, 0.717) is 5.92 Å². The third-order valence-corrected chi connectivity index (χ3v) is 4.85. The van der Waals surface area contributed by atoms with Crippen molar-refractivity contribution < 1.29 is 4.79 Å². The Hall–Kier alpha value is -1.88. The number of hydrogen-bond acceptors (Lipinski definition) is 3. The molecule has 1 aliphatic carbocycles. The van der Waals surface area contributed by atoms with E-state index in [0.717, 1.165) is 45.4 Å². The van der Waals surface area contributed by atoms with Gasteiger partial charge in [0.25, 0.3) is 0 Å². The van der Waals surface area contributed by atoms with Gasteiger partial charge >= 0.3 is 6.03 Å². The molecule has 2 aliphatic rings. The summed E-state index contributed by atoms with van der Waals surface area (Å²) >= 11 is 0. The first-order valence-corrected chi connectivity index (χ1v) is 9.12. The van der Waals surface area contributed by atoms with Gasteiger partial charge in [-0.2, -0.15) is 0 Å². The summed E-state index contributed by atoms with van der Waals surface area (Å²) < 4.78 is 0. The molecule has 3 rings (SSSR count). The summed E-state index contributed by atoms with van der Waals surface area (Å²) in [5, 5.41) is 6.11. The molecule has 2 atom stereocenters. The molecule has 2 N–H and O–H groups in total. The molecule has 0 spiro atoms. The molecule has 2 amide bonds. The Kier molecular flexibility index (Phi) is 6.24. The van der Waals surface area contributed by atoms with Gasteiger partial charge < -0.3 is 10.6 Å². The quantitative estimate of drug-likeness (QED) is 0.817. The van der Waals surface area contributed by atoms with Crippen LogP contribution in [0.1, 0.15) is 37.7 Å². The van der Waals surface area contributed by atoms with Crippen LogP contribution in [-0.2, 0) is 6.54 Å². The smallest absolute Gasteiger partial charge is 0.315 e. The molecule has 2 unspecified atom stereocenters. The zero-order valence-corrected chi connectivity index (χ0v) is 14.3. The average molecular weight is 328 g/mol. The van der Waals surface area contributed by atoms with Crippen molar-refractivity contribution in [2.75, 3.05) is 19.6 Å². The molecule has 1 aliphatic heterocycles. The molecule has 130 valence electrons. The number of aromatic nitrogens is 1. The lowest BCUT2D eigenvalue weighted by Gasteiger charge is -2.32. The van der Waals surface area contributed by atoms with Gasteiger partial charge in [0.05, 0.1) is 0 Å². The molecule has 0 radical (unpaired) electrons. The average Bonchev–Trinajstić information content (AvgIpc) is 2.62. The molecule has 0 bridgehead atoms. The van der Waals surface area contributed by atoms with E-state index in [1.54, 1.807) is 0 Å². The van der Waals surface area contributed by atoms with Gasteiger partial charge in [-0.15, -0.1) is 0 Å². The Labute approximate surface area is 144 Å². The Balaban J connectivity index is 1.39. The Morgan fingerprint density at radius 2 is 2.29 bits per heavy atom. The lowest BCUT2D eigenvalue weighted by Crippen LogP contribution is -2.46. The fourth-order valence-electron chi connectivity index (χ4n) is 3.60. The van der Waals surface area contributed by atoms with Crippen LogP contribution >= 0.6 is 0 Å². The summed E-state index contributed by atoms with van der Waals surface area (Å²) in [5.41, 5.74) is 1.26. The minimum Gasteiger partial charge on any atom is -0.338 e. The molecule has 2 heterocycles. The number of pyridine rings is 1. The van der Waals surface area contributed by atoms with Crippen LogP contribution in [0.5, 0.6) is 0 Å². The summed E-state index contributed by atoms with van der Waals surface area (Å²) in [6.07, 6.45) is 13.7. The van der Waals surface area contributed by atoms with Crippen molar-refractivity contribution in [1.29, 1.82) is 0 Å². The molecular formula is C19H28N4O. The van der Waals surface area contributed by atoms with Crippen LogP contribution in [0.15, 0.2) is 36.7 Å². The summed E-state index contributed by atoms with van der Waals surface area (Å²) in [7, 11) is 0. The van der Waals surface area contributed by atoms with Gasteiger partial charge in [0, 0.05) is 38.1 Å². The molecule has 5 nitrogen and oxygen atoms in total. The monoisotopic (exact) mass is 328 g/mol. The molecule has 1 fully saturated rings. The molecule has 0 aromatic carbocycles. The summed E-state index contributed by atoms with van der Waals surface area (Å²) in [4.78, 5) is 18.7. The van der Waals surface area contributed by atoms with E-state index in [-0.39, 0.29) is 12.1 Å². The molecule has 1 saturated heterocycles. The zero-order valence-electron chi connectivity index (χ0n) is 14.3. The normalized spacial score (nSPS) is 24.5. The predicted molar refractivity (Wildman–Crippen MR) is 95.6 cm³/mol. The molecule has 0 saturated carbocycles. The summed E-state index contributed by atoms with van der Waals surface area (Å²) in [5.74, 6) is 0.531. The van der Waals surface area contributed by atoms with Crippen LogP contribution in [0.2, 0.25) is 0 Å². The number of piperidine rings is 1. The number of allylic oxidation sites excluding steroid dienone is 1. The standard InChI is InChI=1S/C19H28N4O/c24-19(22-18-8-2-1-3-9-18)21-13-17-7-5-11-23(15-17)14-16-6-4-10-20-12-16/h2,4,6,8,10,12,17-18H,1,3,5,7,9,11,13-15H2,(H2,21,22,24). The third kappa shape index (κ3) is 5.34. The van der Waals surface area contributed by atoms with E-state index in [9.17, 15) is 4.79 Å². The van der Waals surface area contributed by atoms with Crippen LogP contribution in [0.3, 0.4) is 0 Å². The fourth-order valence-corrected chi connectivity index (χ4v) is 3.60. The van der Waals surface area contributed by atoms with E-state index in [1.807, 2.05) is 18.5 Å². The van der Waals surface area contributed by atoms with Crippen molar-refractivity contribution in [3.8, 4) is 0 Å². The first-order chi connectivity index (χ1) is 11.8. The van der Waals surface area contributed by atoms with Crippen molar-refractivity contribution in [3.05, 3.63) is 42.2 Å². The van der Waals surface area contributed by atoms with Gasteiger partial charge in [-0.3, -0.25) is 9.88 Å². The number of rotatable bonds is 5. The van der Waals surface area contributed by atoms with Gasteiger partial charge in [-0.25, -0.2) is 4.79 Å². The summed E-state index contributed by atoms with van der Waals surface area (Å²) in [6.45, 7) is 3.87. The largest absolute Gasteiger partial charge is 0.338 e. The van der Waals surface area contributed by atoms with Crippen LogP contribution in [-0.4, -0.2) is 41.6 Å². The molecule has 1 aromatic heterocycles. The highest BCUT2D eigenvalue weighted by molar-refractivity contribution is 5.74. The number of nitrogens with zero attached hydrogens (tertiary/aromatic N) is 2. The minimum absolute atomic E-state index is 0.0315. The third-order valence-electron chi connectivity index (χ3n) is 4.85. The van der Waals surface area contributed by atoms with Crippen molar-refractivity contribution in [2.45, 2.75) is 44.7 Å². The Morgan fingerprint density at radius 1 is 1.33 bits per heavy atom. The van der Waals surface area contributed by atoms with Gasteiger partial charge in [-0.1, -0.05) is 18.2 Å². The zero-order chi connectivity index (χ0) is 16.6. The van der Waals surface area contributed by atoms with Crippen molar-refractivity contribution in [1.82, 2.24) is 20.5 Å². The van der Waals surface area contributed by atoms with Gasteiger partial charge in [0.15, 0.2) is 0 Å². The summed E-state index contributed by atoms with van der Waals surface area (Å²) in [6, 6.07) is 4.28. The van der Waals surface area contributed by atoms with Crippen molar-refractivity contribution in [2.24, 2.45) is 5.92 Å². The lowest BCUT2D eigenvalue weighted by atomic mass is 9.97. The number of hydrogen-bond donors (Lipinski definition) is 2. The molecular weight excluding hydrogens is 300 g/mol. The maximum atomic E-state index is 12.0. The van der Waals surface area contributed by atoms with E-state index >= 15 is 0 Å². The van der Waals surface area contributed by atoms with Gasteiger partial charge in [-0.05, 0) is 56.2 Å². The van der Waals surface area contributed by atoms with Crippen LogP contribution in [0.25, 0.3) is 0 Å². The van der Waals surface area contributed by atoms with E-state index in [2.05, 4.69) is 38.7 Å². The highest BCUT2D eigenvalue weighted by atomic mass is 16.2. The highest BCUT2D eigenvalue weighted by Crippen LogP contribution is 2.18. The fraction of sp³-hybridized carbons (Fsp3) is 0.579. The predicted octanol–water partition coefficient (Wildman–Crippen LogP) is 2.70. The van der Waals surface area contributed by atoms with Gasteiger partial charge in [0.2, 0.25) is 0 Å². The molecule has 5 heteroatoms. The molecule has 1 aromatic rings. The second-order valence-electron chi connectivity index (χ2n) is 6.92. The lowest BCUT2D eigenvalue weighted by molar-refractivity contribution is 0.165. The van der Waals surface area contributed by atoms with Crippen LogP contribution in [0.4, 0.5) is 4.79 Å². The van der Waals surface area contributed by atoms with E-state index in [4.69, 9.17) is 0 Å². The number of amides is 2. The second kappa shape index (κ2) is 8.83.